The van der Waals surface area contributed by atoms with Crippen LogP contribution in [0.4, 0.5) is 0 Å². The summed E-state index contributed by atoms with van der Waals surface area (Å²) in [6.45, 7) is 0. The highest BCUT2D eigenvalue weighted by Gasteiger charge is 2.43. The summed E-state index contributed by atoms with van der Waals surface area (Å²) in [6, 6.07) is 0. The van der Waals surface area contributed by atoms with Crippen molar-refractivity contribution in [2.24, 2.45) is 11.5 Å². The summed E-state index contributed by atoms with van der Waals surface area (Å²) in [4.78, 5) is 0. The summed E-state index contributed by atoms with van der Waals surface area (Å²) in [7, 11) is 0. The van der Waals surface area contributed by atoms with E-state index in [-0.39, 0.29) is 0 Å². The number of nitrogens with two attached hydrogens (primary N) is 2. The Morgan fingerprint density at radius 1 is 0.562 bits per heavy atom. The maximum Gasteiger partial charge on any atom is 0.0353 e. The summed E-state index contributed by atoms with van der Waals surface area (Å²) in [5, 5.41) is 0. The van der Waals surface area contributed by atoms with Gasteiger partial charge in [-0.15, -0.1) is 0 Å². The summed E-state index contributed by atoms with van der Waals surface area (Å²) in [5.74, 6) is 2.95. The van der Waals surface area contributed by atoms with Gasteiger partial charge in [-0.3, -0.25) is 0 Å². The van der Waals surface area contributed by atoms with Gasteiger partial charge in [-0.05, 0) is 48.7 Å². The van der Waals surface area contributed by atoms with Gasteiger partial charge < -0.3 is 11.5 Å². The fourth-order valence-corrected chi connectivity index (χ4v) is 3.64. The molecule has 4 N–H and O–H groups in total. The van der Waals surface area contributed by atoms with Crippen LogP contribution in [0.3, 0.4) is 0 Å². The van der Waals surface area contributed by atoms with Crippen molar-refractivity contribution in [2.45, 2.75) is 36.8 Å². The molecular weight excluding hydrogens is 276 g/mol. The highest BCUT2D eigenvalue weighted by Crippen LogP contribution is 2.32. The molecule has 0 fully saturated rings. The molecule has 0 aromatic rings. The Bertz CT molecular complexity index is 158. The van der Waals surface area contributed by atoms with Crippen LogP contribution < -0.4 is 11.5 Å². The standard InChI is InChI=1S/C10H24N2S4/c11-9(1-5-13,2-6-14)10(12,3-7-15)4-8-16/h13-16H,1-8,11-12H2. The lowest BCUT2D eigenvalue weighted by molar-refractivity contribution is 0.195. The van der Waals surface area contributed by atoms with E-state index in [0.29, 0.717) is 0 Å². The van der Waals surface area contributed by atoms with Gasteiger partial charge in [0.05, 0.1) is 0 Å². The second kappa shape index (κ2) is 8.43. The van der Waals surface area contributed by atoms with E-state index < -0.39 is 11.1 Å². The molecule has 0 aliphatic heterocycles. The van der Waals surface area contributed by atoms with Crippen molar-refractivity contribution in [3.8, 4) is 0 Å². The Kier molecular flexibility index (Phi) is 9.12. The first-order valence-electron chi connectivity index (χ1n) is 5.51. The molecule has 0 aromatic heterocycles. The third-order valence-electron chi connectivity index (χ3n) is 3.22. The van der Waals surface area contributed by atoms with Gasteiger partial charge in [-0.1, -0.05) is 0 Å². The summed E-state index contributed by atoms with van der Waals surface area (Å²) >= 11 is 17.1. The quantitative estimate of drug-likeness (QED) is 0.367. The number of hydrogen-bond donors (Lipinski definition) is 6. The lowest BCUT2D eigenvalue weighted by atomic mass is 9.71. The van der Waals surface area contributed by atoms with Crippen molar-refractivity contribution in [3.05, 3.63) is 0 Å². The zero-order chi connectivity index (χ0) is 12.7. The van der Waals surface area contributed by atoms with Gasteiger partial charge in [0.1, 0.15) is 0 Å². The van der Waals surface area contributed by atoms with E-state index in [2.05, 4.69) is 50.5 Å². The predicted molar refractivity (Wildman–Crippen MR) is 87.7 cm³/mol. The predicted octanol–water partition coefficient (Wildman–Crippen LogP) is 1.66. The summed E-state index contributed by atoms with van der Waals surface area (Å²) < 4.78 is 0. The molecule has 6 heteroatoms. The maximum absolute atomic E-state index is 6.48. The van der Waals surface area contributed by atoms with Crippen LogP contribution in [-0.4, -0.2) is 34.1 Å². The van der Waals surface area contributed by atoms with Gasteiger partial charge in [0, 0.05) is 11.1 Å². The molecule has 0 saturated carbocycles. The van der Waals surface area contributed by atoms with E-state index in [1.54, 1.807) is 0 Å². The molecule has 16 heavy (non-hydrogen) atoms. The fraction of sp³-hybridized carbons (Fsp3) is 1.00. The van der Waals surface area contributed by atoms with Crippen LogP contribution in [0, 0.1) is 0 Å². The first-order chi connectivity index (χ1) is 7.49. The summed E-state index contributed by atoms with van der Waals surface area (Å²) in [6.07, 6.45) is 3.20. The van der Waals surface area contributed by atoms with Gasteiger partial charge in [0.2, 0.25) is 0 Å². The van der Waals surface area contributed by atoms with Gasteiger partial charge in [-0.25, -0.2) is 0 Å². The van der Waals surface area contributed by atoms with Crippen LogP contribution in [0.1, 0.15) is 25.7 Å². The second-order valence-corrected chi connectivity index (χ2v) is 6.00. The molecule has 0 unspecified atom stereocenters. The van der Waals surface area contributed by atoms with E-state index in [9.17, 15) is 0 Å². The zero-order valence-electron chi connectivity index (χ0n) is 9.60. The van der Waals surface area contributed by atoms with Crippen LogP contribution in [0.5, 0.6) is 0 Å². The lowest BCUT2D eigenvalue weighted by Gasteiger charge is -2.46. The molecule has 0 aliphatic carbocycles. The monoisotopic (exact) mass is 300 g/mol. The fourth-order valence-electron chi connectivity index (χ4n) is 2.04. The van der Waals surface area contributed by atoms with Crippen LogP contribution >= 0.6 is 50.5 Å². The Balaban J connectivity index is 4.90. The van der Waals surface area contributed by atoms with Crippen molar-refractivity contribution in [1.29, 1.82) is 0 Å². The molecule has 0 aliphatic rings. The van der Waals surface area contributed by atoms with Gasteiger partial charge in [0.15, 0.2) is 0 Å². The zero-order valence-corrected chi connectivity index (χ0v) is 13.2. The molecule has 0 rings (SSSR count). The average molecular weight is 301 g/mol. The van der Waals surface area contributed by atoms with Crippen molar-refractivity contribution >= 4 is 50.5 Å². The molecule has 0 bridgehead atoms. The van der Waals surface area contributed by atoms with Gasteiger partial charge in [0.25, 0.3) is 0 Å². The highest BCUT2D eigenvalue weighted by molar-refractivity contribution is 7.80. The number of thiol groups is 4. The summed E-state index contributed by atoms with van der Waals surface area (Å²) in [5.41, 5.74) is 12.1. The SMILES string of the molecule is NC(CCS)(CCS)C(N)(CCS)CCS. The Labute approximate surface area is 121 Å². The second-order valence-electron chi connectivity index (χ2n) is 4.21. The first-order valence-corrected chi connectivity index (χ1v) is 8.04. The molecule has 0 heterocycles. The smallest absolute Gasteiger partial charge is 0.0353 e. The molecule has 2 nitrogen and oxygen atoms in total. The number of hydrogen-bond acceptors (Lipinski definition) is 6. The molecule has 0 saturated heterocycles. The van der Waals surface area contributed by atoms with Crippen molar-refractivity contribution < 1.29 is 0 Å². The van der Waals surface area contributed by atoms with Crippen LogP contribution in [0.2, 0.25) is 0 Å². The Morgan fingerprint density at radius 2 is 0.750 bits per heavy atom. The highest BCUT2D eigenvalue weighted by atomic mass is 32.1. The van der Waals surface area contributed by atoms with Crippen molar-refractivity contribution in [2.75, 3.05) is 23.0 Å². The van der Waals surface area contributed by atoms with E-state index >= 15 is 0 Å². The molecule has 0 spiro atoms. The first kappa shape index (κ1) is 17.3. The lowest BCUT2D eigenvalue weighted by Crippen LogP contribution is -2.66. The van der Waals surface area contributed by atoms with Crippen LogP contribution in [0.25, 0.3) is 0 Å². The van der Waals surface area contributed by atoms with Crippen molar-refractivity contribution in [1.82, 2.24) is 0 Å². The third kappa shape index (κ3) is 4.53. The number of rotatable bonds is 9. The molecule has 0 aromatic carbocycles. The molecular formula is C10H24N2S4. The van der Waals surface area contributed by atoms with Crippen LogP contribution in [-0.2, 0) is 0 Å². The van der Waals surface area contributed by atoms with E-state index in [4.69, 9.17) is 11.5 Å². The molecule has 0 radical (unpaired) electrons. The Morgan fingerprint density at radius 3 is 0.875 bits per heavy atom. The third-order valence-corrected chi connectivity index (χ3v) is 4.12. The van der Waals surface area contributed by atoms with Crippen molar-refractivity contribution in [3.63, 3.8) is 0 Å². The average Bonchev–Trinajstić information content (AvgIpc) is 2.19. The minimum absolute atomic E-state index is 0.415. The van der Waals surface area contributed by atoms with Gasteiger partial charge >= 0.3 is 0 Å². The normalized spacial score (nSPS) is 13.1. The van der Waals surface area contributed by atoms with E-state index in [1.165, 1.54) is 0 Å². The van der Waals surface area contributed by atoms with Crippen LogP contribution in [0.15, 0.2) is 0 Å². The van der Waals surface area contributed by atoms with Gasteiger partial charge in [-0.2, -0.15) is 50.5 Å². The topological polar surface area (TPSA) is 52.0 Å². The van der Waals surface area contributed by atoms with E-state index in [1.807, 2.05) is 0 Å². The Hall–Kier alpha value is 1.32. The largest absolute Gasteiger partial charge is 0.323 e. The minimum atomic E-state index is -0.415. The molecule has 0 atom stereocenters. The van der Waals surface area contributed by atoms with E-state index in [0.717, 1.165) is 48.7 Å². The minimum Gasteiger partial charge on any atom is -0.323 e. The molecule has 0 amide bonds. The molecule has 98 valence electrons. The maximum atomic E-state index is 6.48.